The number of hydrogen-bond acceptors (Lipinski definition) is 3. The summed E-state index contributed by atoms with van der Waals surface area (Å²) < 4.78 is 6.70. The minimum absolute atomic E-state index is 0. The van der Waals surface area contributed by atoms with Crippen LogP contribution >= 0.6 is 0 Å². The van der Waals surface area contributed by atoms with Crippen molar-refractivity contribution in [2.75, 3.05) is 7.11 Å². The van der Waals surface area contributed by atoms with Crippen molar-refractivity contribution in [1.82, 2.24) is 10.1 Å². The Morgan fingerprint density at radius 2 is 1.88 bits per heavy atom. The number of ether oxygens (including phenoxy) is 1. The predicted octanol–water partition coefficient (Wildman–Crippen LogP) is -2.02. The Morgan fingerprint density at radius 3 is 2.50 bits per heavy atom. The van der Waals surface area contributed by atoms with Crippen molar-refractivity contribution in [1.29, 1.82) is 0 Å². The SMILES string of the molecule is COc1nc(-c2ccccc2)c[n+](C)n1.[I-]. The van der Waals surface area contributed by atoms with E-state index in [9.17, 15) is 0 Å². The number of nitrogens with zero attached hydrogens (tertiary/aromatic N) is 3. The number of benzene rings is 1. The molecule has 0 N–H and O–H groups in total. The number of methoxy groups -OCH3 is 1. The molecule has 1 aromatic carbocycles. The van der Waals surface area contributed by atoms with Crippen LogP contribution in [0.15, 0.2) is 36.5 Å². The van der Waals surface area contributed by atoms with Crippen LogP contribution in [0.2, 0.25) is 0 Å². The summed E-state index contributed by atoms with van der Waals surface area (Å²) in [7, 11) is 3.40. The Bertz CT molecular complexity index is 462. The molecule has 0 atom stereocenters. The first kappa shape index (κ1) is 12.8. The summed E-state index contributed by atoms with van der Waals surface area (Å²) in [4.78, 5) is 4.27. The molecule has 0 bridgehead atoms. The average molecular weight is 329 g/mol. The van der Waals surface area contributed by atoms with Crippen LogP contribution in [0.4, 0.5) is 0 Å². The molecule has 0 saturated heterocycles. The molecule has 0 spiro atoms. The van der Waals surface area contributed by atoms with Crippen molar-refractivity contribution >= 4 is 0 Å². The van der Waals surface area contributed by atoms with Crippen LogP contribution in [0.5, 0.6) is 6.01 Å². The van der Waals surface area contributed by atoms with Gasteiger partial charge in [0.25, 0.3) is 0 Å². The average Bonchev–Trinajstić information content (AvgIpc) is 2.29. The first-order valence-electron chi connectivity index (χ1n) is 4.64. The van der Waals surface area contributed by atoms with Gasteiger partial charge in [-0.2, -0.15) is 4.98 Å². The molecule has 0 unspecified atom stereocenters. The van der Waals surface area contributed by atoms with E-state index in [4.69, 9.17) is 4.74 Å². The van der Waals surface area contributed by atoms with Gasteiger partial charge in [-0.05, 0) is 0 Å². The Kier molecular flexibility index (Phi) is 4.60. The van der Waals surface area contributed by atoms with Crippen LogP contribution in [0, 0.1) is 0 Å². The first-order valence-corrected chi connectivity index (χ1v) is 4.64. The highest BCUT2D eigenvalue weighted by Gasteiger charge is 2.09. The molecule has 0 aliphatic rings. The molecular formula is C11H12IN3O. The second-order valence-corrected chi connectivity index (χ2v) is 3.15. The van der Waals surface area contributed by atoms with Crippen LogP contribution < -0.4 is 33.4 Å². The van der Waals surface area contributed by atoms with Gasteiger partial charge < -0.3 is 28.7 Å². The summed E-state index contributed by atoms with van der Waals surface area (Å²) in [5.74, 6) is 0. The number of hydrogen-bond donors (Lipinski definition) is 0. The zero-order valence-corrected chi connectivity index (χ0v) is 11.2. The lowest BCUT2D eigenvalue weighted by Gasteiger charge is -1.99. The van der Waals surface area contributed by atoms with Gasteiger partial charge in [-0.25, -0.2) is 0 Å². The third-order valence-electron chi connectivity index (χ3n) is 2.02. The van der Waals surface area contributed by atoms with Crippen molar-refractivity contribution in [3.63, 3.8) is 0 Å². The fraction of sp³-hybridized carbons (Fsp3) is 0.182. The number of halogens is 1. The molecule has 0 amide bonds. The lowest BCUT2D eigenvalue weighted by atomic mass is 10.2. The Labute approximate surface area is 111 Å². The van der Waals surface area contributed by atoms with Crippen LogP contribution in [0.1, 0.15) is 0 Å². The normalized spacial score (nSPS) is 9.38. The van der Waals surface area contributed by atoms with E-state index in [1.165, 1.54) is 0 Å². The van der Waals surface area contributed by atoms with Crippen molar-refractivity contribution in [3.8, 4) is 17.3 Å². The smallest absolute Gasteiger partial charge is 0.379 e. The fourth-order valence-electron chi connectivity index (χ4n) is 1.33. The molecule has 16 heavy (non-hydrogen) atoms. The quantitative estimate of drug-likeness (QED) is 0.472. The minimum Gasteiger partial charge on any atom is -1.00 e. The molecule has 1 aromatic heterocycles. The van der Waals surface area contributed by atoms with E-state index < -0.39 is 0 Å². The van der Waals surface area contributed by atoms with Gasteiger partial charge in [0.1, 0.15) is 5.69 Å². The van der Waals surface area contributed by atoms with E-state index in [0.29, 0.717) is 6.01 Å². The highest BCUT2D eigenvalue weighted by Crippen LogP contribution is 2.15. The molecule has 0 radical (unpaired) electrons. The Hall–Kier alpha value is -1.24. The molecule has 1 heterocycles. The fourth-order valence-corrected chi connectivity index (χ4v) is 1.33. The minimum atomic E-state index is 0. The highest BCUT2D eigenvalue weighted by molar-refractivity contribution is 5.56. The van der Waals surface area contributed by atoms with Crippen molar-refractivity contribution in [2.24, 2.45) is 7.05 Å². The summed E-state index contributed by atoms with van der Waals surface area (Å²) >= 11 is 0. The second-order valence-electron chi connectivity index (χ2n) is 3.15. The molecular weight excluding hydrogens is 317 g/mol. The lowest BCUT2D eigenvalue weighted by Crippen LogP contribution is -3.00. The highest BCUT2D eigenvalue weighted by atomic mass is 127. The van der Waals surface area contributed by atoms with Gasteiger partial charge in [0.15, 0.2) is 7.05 Å². The van der Waals surface area contributed by atoms with E-state index >= 15 is 0 Å². The van der Waals surface area contributed by atoms with E-state index in [1.807, 2.05) is 43.6 Å². The van der Waals surface area contributed by atoms with E-state index in [-0.39, 0.29) is 24.0 Å². The van der Waals surface area contributed by atoms with E-state index in [0.717, 1.165) is 11.3 Å². The summed E-state index contributed by atoms with van der Waals surface area (Å²) in [5, 5.41) is 4.06. The third-order valence-corrected chi connectivity index (χ3v) is 2.02. The molecule has 4 nitrogen and oxygen atoms in total. The van der Waals surface area contributed by atoms with Gasteiger partial charge in [0.05, 0.1) is 12.2 Å². The van der Waals surface area contributed by atoms with Gasteiger partial charge in [-0.1, -0.05) is 35.0 Å². The maximum absolute atomic E-state index is 5.01. The second kappa shape index (κ2) is 5.74. The largest absolute Gasteiger partial charge is 1.00 e. The number of aryl methyl sites for hydroxylation is 1. The van der Waals surface area contributed by atoms with Gasteiger partial charge >= 0.3 is 6.01 Å². The van der Waals surface area contributed by atoms with Crippen molar-refractivity contribution < 1.29 is 33.4 Å². The monoisotopic (exact) mass is 329 g/mol. The molecule has 2 rings (SSSR count). The number of aromatic nitrogens is 3. The molecule has 0 aliphatic carbocycles. The number of rotatable bonds is 2. The summed E-state index contributed by atoms with van der Waals surface area (Å²) in [6, 6.07) is 10.3. The van der Waals surface area contributed by atoms with Crippen LogP contribution in [0.25, 0.3) is 11.3 Å². The Balaban J connectivity index is 0.00000128. The summed E-state index contributed by atoms with van der Waals surface area (Å²) in [5.41, 5.74) is 1.90. The van der Waals surface area contributed by atoms with Gasteiger partial charge in [-0.15, -0.1) is 0 Å². The zero-order chi connectivity index (χ0) is 10.7. The topological polar surface area (TPSA) is 38.9 Å². The lowest BCUT2D eigenvalue weighted by molar-refractivity contribution is -0.731. The molecule has 0 aliphatic heterocycles. The van der Waals surface area contributed by atoms with Crippen molar-refractivity contribution in [3.05, 3.63) is 36.5 Å². The molecule has 2 aromatic rings. The van der Waals surface area contributed by atoms with Crippen LogP contribution in [-0.2, 0) is 7.05 Å². The van der Waals surface area contributed by atoms with Gasteiger partial charge in [0, 0.05) is 5.56 Å². The maximum atomic E-state index is 5.01. The van der Waals surface area contributed by atoms with Crippen LogP contribution in [-0.4, -0.2) is 17.2 Å². The maximum Gasteiger partial charge on any atom is 0.379 e. The summed E-state index contributed by atoms with van der Waals surface area (Å²) in [6.07, 6.45) is 1.86. The predicted molar refractivity (Wildman–Crippen MR) is 55.2 cm³/mol. The van der Waals surface area contributed by atoms with E-state index in [1.54, 1.807) is 11.8 Å². The third kappa shape index (κ3) is 2.88. The molecule has 0 saturated carbocycles. The van der Waals surface area contributed by atoms with Crippen LogP contribution in [0.3, 0.4) is 0 Å². The van der Waals surface area contributed by atoms with Gasteiger partial charge in [0.2, 0.25) is 6.20 Å². The molecule has 84 valence electrons. The first-order chi connectivity index (χ1) is 7.29. The molecule has 0 fully saturated rings. The summed E-state index contributed by atoms with van der Waals surface area (Å²) in [6.45, 7) is 0. The zero-order valence-electron chi connectivity index (χ0n) is 9.09. The van der Waals surface area contributed by atoms with Gasteiger partial charge in [-0.3, -0.25) is 0 Å². The Morgan fingerprint density at radius 1 is 1.19 bits per heavy atom. The standard InChI is InChI=1S/C11H12N3O.HI/c1-14-8-10(12-11(13-14)15-2)9-6-4-3-5-7-9;/h3-8H,1-2H3;1H/q+1;/p-1. The molecule has 5 heteroatoms. The van der Waals surface area contributed by atoms with Crippen molar-refractivity contribution in [2.45, 2.75) is 0 Å². The van der Waals surface area contributed by atoms with E-state index in [2.05, 4.69) is 10.1 Å².